The topological polar surface area (TPSA) is 115 Å². The van der Waals surface area contributed by atoms with Crippen LogP contribution in [0.25, 0.3) is 0 Å². The van der Waals surface area contributed by atoms with Crippen molar-refractivity contribution in [1.82, 2.24) is 19.9 Å². The molecule has 0 fully saturated rings. The van der Waals surface area contributed by atoms with Crippen LogP contribution in [0.3, 0.4) is 0 Å². The number of nitrogens with two attached hydrogens (primary N) is 1. The third-order valence-electron chi connectivity index (χ3n) is 5.58. The van der Waals surface area contributed by atoms with E-state index < -0.39 is 6.04 Å². The first kappa shape index (κ1) is 21.5. The molecular formula is C23H25FN6O2. The fourth-order valence-electron chi connectivity index (χ4n) is 3.98. The van der Waals surface area contributed by atoms with E-state index in [0.29, 0.717) is 36.6 Å². The van der Waals surface area contributed by atoms with E-state index in [-0.39, 0.29) is 29.5 Å². The van der Waals surface area contributed by atoms with Crippen LogP contribution in [0.2, 0.25) is 0 Å². The lowest BCUT2D eigenvalue weighted by Crippen LogP contribution is -2.36. The number of nitrogens with zero attached hydrogens (tertiary/aromatic N) is 3. The van der Waals surface area contributed by atoms with Crippen LogP contribution in [-0.2, 0) is 24.3 Å². The average molecular weight is 436 g/mol. The maximum Gasteiger partial charge on any atom is 0.277 e. The van der Waals surface area contributed by atoms with E-state index >= 15 is 0 Å². The number of hydrogen-bond acceptors (Lipinski definition) is 6. The molecule has 1 amide bonds. The standard InChI is InChI=1S/C23H25FN6O2/c1-13-7-15(9-17(24)8-13)10-26-18-12-27-21-6-4-19(30(21)23(18)32)22(31)28-11-16-3-5-20(25)29-14(16)2/h3,5,7-9,12,19,26H,4,6,10-11H2,1-2H3,(H2,25,29)(H,28,31)/t19-/m0/s1. The van der Waals surface area contributed by atoms with Gasteiger partial charge in [-0.25, -0.2) is 14.4 Å². The summed E-state index contributed by atoms with van der Waals surface area (Å²) in [6.07, 6.45) is 2.52. The number of benzene rings is 1. The highest BCUT2D eigenvalue weighted by Gasteiger charge is 2.31. The highest BCUT2D eigenvalue weighted by Crippen LogP contribution is 2.23. The zero-order valence-electron chi connectivity index (χ0n) is 18.0. The maximum absolute atomic E-state index is 13.6. The Hall–Kier alpha value is -3.75. The van der Waals surface area contributed by atoms with Crippen LogP contribution < -0.4 is 21.9 Å². The summed E-state index contributed by atoms with van der Waals surface area (Å²) in [6, 6.07) is 7.59. The molecule has 1 aliphatic rings. The molecule has 3 aromatic rings. The van der Waals surface area contributed by atoms with E-state index in [2.05, 4.69) is 20.6 Å². The van der Waals surface area contributed by atoms with E-state index in [1.54, 1.807) is 6.07 Å². The summed E-state index contributed by atoms with van der Waals surface area (Å²) in [5.74, 6) is 0.427. The highest BCUT2D eigenvalue weighted by atomic mass is 19.1. The molecular weight excluding hydrogens is 411 g/mol. The van der Waals surface area contributed by atoms with Crippen molar-refractivity contribution < 1.29 is 9.18 Å². The zero-order chi connectivity index (χ0) is 22.8. The Morgan fingerprint density at radius 2 is 2.06 bits per heavy atom. The molecule has 0 spiro atoms. The summed E-state index contributed by atoms with van der Waals surface area (Å²) in [7, 11) is 0. The third-order valence-corrected chi connectivity index (χ3v) is 5.58. The van der Waals surface area contributed by atoms with Crippen molar-refractivity contribution in [3.05, 3.63) is 80.9 Å². The third kappa shape index (κ3) is 4.46. The summed E-state index contributed by atoms with van der Waals surface area (Å²) >= 11 is 0. The van der Waals surface area contributed by atoms with Gasteiger partial charge in [0.25, 0.3) is 5.56 Å². The van der Waals surface area contributed by atoms with Crippen LogP contribution in [0.4, 0.5) is 15.9 Å². The summed E-state index contributed by atoms with van der Waals surface area (Å²) in [5.41, 5.74) is 8.75. The lowest BCUT2D eigenvalue weighted by atomic mass is 10.1. The number of aromatic nitrogens is 3. The Balaban J connectivity index is 1.49. The first-order valence-corrected chi connectivity index (χ1v) is 10.4. The molecule has 0 radical (unpaired) electrons. The van der Waals surface area contributed by atoms with Crippen LogP contribution in [0, 0.1) is 19.7 Å². The summed E-state index contributed by atoms with van der Waals surface area (Å²) < 4.78 is 15.1. The van der Waals surface area contributed by atoms with Crippen LogP contribution >= 0.6 is 0 Å². The Morgan fingerprint density at radius 1 is 1.25 bits per heavy atom. The zero-order valence-corrected chi connectivity index (χ0v) is 18.0. The largest absolute Gasteiger partial charge is 0.384 e. The normalized spacial score (nSPS) is 14.8. The van der Waals surface area contributed by atoms with Crippen LogP contribution in [0.1, 0.15) is 40.7 Å². The monoisotopic (exact) mass is 436 g/mol. The number of nitrogen functional groups attached to an aromatic ring is 1. The van der Waals surface area contributed by atoms with E-state index in [1.807, 2.05) is 26.0 Å². The number of hydrogen-bond donors (Lipinski definition) is 3. The van der Waals surface area contributed by atoms with Gasteiger partial charge < -0.3 is 16.4 Å². The molecule has 32 heavy (non-hydrogen) atoms. The molecule has 0 bridgehead atoms. The van der Waals surface area contributed by atoms with Gasteiger partial charge in [-0.2, -0.15) is 0 Å². The molecule has 0 aliphatic carbocycles. The quantitative estimate of drug-likeness (QED) is 0.547. The molecule has 1 aliphatic heterocycles. The Labute approximate surface area is 184 Å². The molecule has 9 heteroatoms. The van der Waals surface area contributed by atoms with E-state index in [0.717, 1.165) is 16.8 Å². The number of nitrogens with one attached hydrogen (secondary N) is 2. The van der Waals surface area contributed by atoms with Gasteiger partial charge in [0, 0.05) is 25.2 Å². The Bertz CT molecular complexity index is 1220. The van der Waals surface area contributed by atoms with Crippen molar-refractivity contribution in [2.45, 2.75) is 45.8 Å². The van der Waals surface area contributed by atoms with Crippen molar-refractivity contribution in [3.63, 3.8) is 0 Å². The van der Waals surface area contributed by atoms with Gasteiger partial charge in [0.1, 0.15) is 29.2 Å². The van der Waals surface area contributed by atoms with Crippen molar-refractivity contribution in [3.8, 4) is 0 Å². The van der Waals surface area contributed by atoms with Gasteiger partial charge in [0.05, 0.1) is 6.20 Å². The number of carbonyl (C=O) groups excluding carboxylic acids is 1. The molecule has 0 saturated heterocycles. The van der Waals surface area contributed by atoms with Crippen molar-refractivity contribution >= 4 is 17.4 Å². The number of pyridine rings is 1. The minimum Gasteiger partial charge on any atom is -0.384 e. The van der Waals surface area contributed by atoms with Gasteiger partial charge in [0.2, 0.25) is 5.91 Å². The number of aryl methyl sites for hydroxylation is 3. The van der Waals surface area contributed by atoms with E-state index in [4.69, 9.17) is 5.73 Å². The predicted molar refractivity (Wildman–Crippen MR) is 120 cm³/mol. The fraction of sp³-hybridized carbons (Fsp3) is 0.304. The number of carbonyl (C=O) groups is 1. The Morgan fingerprint density at radius 3 is 2.81 bits per heavy atom. The van der Waals surface area contributed by atoms with Crippen molar-refractivity contribution in [2.24, 2.45) is 0 Å². The molecule has 8 nitrogen and oxygen atoms in total. The second kappa shape index (κ2) is 8.78. The van der Waals surface area contributed by atoms with Gasteiger partial charge in [-0.1, -0.05) is 12.1 Å². The smallest absolute Gasteiger partial charge is 0.277 e. The molecule has 4 N–H and O–H groups in total. The number of fused-ring (bicyclic) bond motifs is 1. The highest BCUT2D eigenvalue weighted by molar-refractivity contribution is 5.81. The molecule has 0 saturated carbocycles. The van der Waals surface area contributed by atoms with Crippen LogP contribution in [-0.4, -0.2) is 20.4 Å². The first-order valence-electron chi connectivity index (χ1n) is 10.4. The van der Waals surface area contributed by atoms with Gasteiger partial charge >= 0.3 is 0 Å². The summed E-state index contributed by atoms with van der Waals surface area (Å²) in [4.78, 5) is 34.5. The molecule has 1 atom stereocenters. The number of halogens is 1. The second-order valence-electron chi connectivity index (χ2n) is 8.01. The maximum atomic E-state index is 13.6. The van der Waals surface area contributed by atoms with E-state index in [9.17, 15) is 14.0 Å². The van der Waals surface area contributed by atoms with Crippen molar-refractivity contribution in [1.29, 1.82) is 0 Å². The van der Waals surface area contributed by atoms with Crippen molar-refractivity contribution in [2.75, 3.05) is 11.1 Å². The summed E-state index contributed by atoms with van der Waals surface area (Å²) in [6.45, 7) is 4.21. The number of anilines is 2. The fourth-order valence-corrected chi connectivity index (χ4v) is 3.98. The van der Waals surface area contributed by atoms with Gasteiger partial charge in [0.15, 0.2) is 0 Å². The number of rotatable bonds is 6. The molecule has 3 heterocycles. The van der Waals surface area contributed by atoms with Crippen LogP contribution in [0.5, 0.6) is 0 Å². The van der Waals surface area contributed by atoms with Gasteiger partial charge in [-0.3, -0.25) is 14.2 Å². The predicted octanol–water partition coefficient (Wildman–Crippen LogP) is 2.39. The van der Waals surface area contributed by atoms with Crippen LogP contribution in [0.15, 0.2) is 41.3 Å². The lowest BCUT2D eigenvalue weighted by Gasteiger charge is -2.16. The molecule has 2 aromatic heterocycles. The Kier molecular flexibility index (Phi) is 5.89. The SMILES string of the molecule is Cc1cc(F)cc(CNc2cnc3n(c2=O)[C@H](C(=O)NCc2ccc(N)nc2C)CC3)c1. The number of amides is 1. The molecule has 166 valence electrons. The average Bonchev–Trinajstić information content (AvgIpc) is 3.17. The van der Waals surface area contributed by atoms with Gasteiger partial charge in [-0.15, -0.1) is 0 Å². The lowest BCUT2D eigenvalue weighted by molar-refractivity contribution is -0.124. The molecule has 1 aromatic carbocycles. The first-order chi connectivity index (χ1) is 15.3. The van der Waals surface area contributed by atoms with Gasteiger partial charge in [-0.05, 0) is 55.2 Å². The minimum atomic E-state index is -0.634. The second-order valence-corrected chi connectivity index (χ2v) is 8.01. The summed E-state index contributed by atoms with van der Waals surface area (Å²) in [5, 5.41) is 5.92. The minimum absolute atomic E-state index is 0.248. The molecule has 0 unspecified atom stereocenters. The molecule has 4 rings (SSSR count). The van der Waals surface area contributed by atoms with E-state index in [1.165, 1.54) is 22.9 Å².